The van der Waals surface area contributed by atoms with E-state index in [1.165, 1.54) is 25.2 Å². The third kappa shape index (κ3) is 3.93. The zero-order chi connectivity index (χ0) is 17.1. The minimum atomic E-state index is 0.211. The average molecular weight is 356 g/mol. The number of hydrogen-bond acceptors (Lipinski definition) is 4. The fraction of sp³-hybridized carbons (Fsp3) is 0.500. The summed E-state index contributed by atoms with van der Waals surface area (Å²) < 4.78 is 0. The van der Waals surface area contributed by atoms with E-state index in [4.69, 9.17) is 0 Å². The molecule has 0 bridgehead atoms. The molecule has 5 heteroatoms. The number of rotatable bonds is 4. The van der Waals surface area contributed by atoms with Crippen molar-refractivity contribution in [3.63, 3.8) is 0 Å². The molecule has 0 aliphatic carbocycles. The molecule has 2 saturated heterocycles. The van der Waals surface area contributed by atoms with Crippen LogP contribution in [0.25, 0.3) is 0 Å². The van der Waals surface area contributed by atoms with E-state index in [0.717, 1.165) is 43.1 Å². The van der Waals surface area contributed by atoms with Gasteiger partial charge in [-0.15, -0.1) is 11.3 Å². The molecule has 0 radical (unpaired) electrons. The molecule has 4 heterocycles. The van der Waals surface area contributed by atoms with Crippen LogP contribution in [-0.4, -0.2) is 52.9 Å². The van der Waals surface area contributed by atoms with Crippen molar-refractivity contribution in [2.75, 3.05) is 26.2 Å². The molecule has 2 aliphatic rings. The molecule has 4 rings (SSSR count). The number of amides is 1. The van der Waals surface area contributed by atoms with Crippen LogP contribution in [0.1, 0.15) is 34.6 Å². The Hall–Kier alpha value is -1.72. The van der Waals surface area contributed by atoms with Crippen molar-refractivity contribution in [3.8, 4) is 0 Å². The summed E-state index contributed by atoms with van der Waals surface area (Å²) in [7, 11) is 0. The van der Waals surface area contributed by atoms with E-state index in [1.54, 1.807) is 11.3 Å². The van der Waals surface area contributed by atoms with Crippen LogP contribution in [0.2, 0.25) is 0 Å². The first-order valence-corrected chi connectivity index (χ1v) is 10.1. The zero-order valence-corrected chi connectivity index (χ0v) is 15.3. The molecular formula is C20H25N3OS. The number of likely N-dealkylation sites (tertiary alicyclic amines) is 2. The summed E-state index contributed by atoms with van der Waals surface area (Å²) in [4.78, 5) is 22.5. The number of carbonyl (C=O) groups is 1. The van der Waals surface area contributed by atoms with E-state index in [2.05, 4.69) is 22.0 Å². The minimum absolute atomic E-state index is 0.211. The molecule has 25 heavy (non-hydrogen) atoms. The zero-order valence-electron chi connectivity index (χ0n) is 14.5. The lowest BCUT2D eigenvalue weighted by atomic mass is 10.0. The minimum Gasteiger partial charge on any atom is -0.338 e. The summed E-state index contributed by atoms with van der Waals surface area (Å²) in [5, 5.41) is 1.98. The van der Waals surface area contributed by atoms with Gasteiger partial charge in [-0.2, -0.15) is 0 Å². The smallest absolute Gasteiger partial charge is 0.263 e. The van der Waals surface area contributed by atoms with Crippen LogP contribution in [0.5, 0.6) is 0 Å². The van der Waals surface area contributed by atoms with E-state index in [9.17, 15) is 4.79 Å². The van der Waals surface area contributed by atoms with Crippen LogP contribution in [0.15, 0.2) is 41.9 Å². The molecule has 132 valence electrons. The van der Waals surface area contributed by atoms with Crippen LogP contribution in [0.4, 0.5) is 0 Å². The fourth-order valence-corrected chi connectivity index (χ4v) is 4.86. The van der Waals surface area contributed by atoms with Gasteiger partial charge in [-0.1, -0.05) is 12.1 Å². The molecule has 1 amide bonds. The van der Waals surface area contributed by atoms with Crippen molar-refractivity contribution >= 4 is 17.2 Å². The number of aromatic nitrogens is 1. The molecule has 2 aromatic heterocycles. The van der Waals surface area contributed by atoms with E-state index < -0.39 is 0 Å². The molecule has 1 atom stereocenters. The number of carbonyl (C=O) groups excluding carboxylic acids is 1. The van der Waals surface area contributed by atoms with E-state index >= 15 is 0 Å². The normalized spacial score (nSPS) is 22.4. The van der Waals surface area contributed by atoms with Gasteiger partial charge in [0.05, 0.1) is 4.88 Å². The summed E-state index contributed by atoms with van der Waals surface area (Å²) in [6.45, 7) is 4.16. The van der Waals surface area contributed by atoms with Gasteiger partial charge in [-0.05, 0) is 61.7 Å². The van der Waals surface area contributed by atoms with Gasteiger partial charge in [0.1, 0.15) is 0 Å². The topological polar surface area (TPSA) is 36.4 Å². The summed E-state index contributed by atoms with van der Waals surface area (Å²) >= 11 is 1.54. The van der Waals surface area contributed by atoms with Crippen LogP contribution in [0.3, 0.4) is 0 Å². The third-order valence-electron chi connectivity index (χ3n) is 5.54. The molecule has 4 nitrogen and oxygen atoms in total. The SMILES string of the molecule is O=C(c1cccs1)N1CCC(N2CCC(Cc3ccccn3)C2)CC1. The lowest BCUT2D eigenvalue weighted by Gasteiger charge is -2.36. The van der Waals surface area contributed by atoms with Gasteiger partial charge in [0, 0.05) is 37.6 Å². The van der Waals surface area contributed by atoms with Gasteiger partial charge in [-0.25, -0.2) is 0 Å². The lowest BCUT2D eigenvalue weighted by molar-refractivity contribution is 0.0645. The Labute approximate surface area is 153 Å². The monoisotopic (exact) mass is 355 g/mol. The maximum absolute atomic E-state index is 12.5. The highest BCUT2D eigenvalue weighted by atomic mass is 32.1. The first-order valence-electron chi connectivity index (χ1n) is 9.26. The molecule has 2 fully saturated rings. The Bertz CT molecular complexity index is 680. The van der Waals surface area contributed by atoms with Crippen molar-refractivity contribution in [3.05, 3.63) is 52.5 Å². The van der Waals surface area contributed by atoms with Gasteiger partial charge in [0.25, 0.3) is 5.91 Å². The third-order valence-corrected chi connectivity index (χ3v) is 6.40. The van der Waals surface area contributed by atoms with Crippen LogP contribution < -0.4 is 0 Å². The standard InChI is InChI=1S/C20H25N3OS/c24-20(19-5-3-13-25-19)22-11-7-18(8-12-22)23-10-6-16(15-23)14-17-4-1-2-9-21-17/h1-5,9,13,16,18H,6-8,10-12,14-15H2. The highest BCUT2D eigenvalue weighted by Crippen LogP contribution is 2.27. The highest BCUT2D eigenvalue weighted by molar-refractivity contribution is 7.12. The summed E-state index contributed by atoms with van der Waals surface area (Å²) in [5.41, 5.74) is 1.21. The predicted octanol–water partition coefficient (Wildman–Crippen LogP) is 3.31. The molecule has 2 aromatic rings. The molecule has 0 N–H and O–H groups in total. The Morgan fingerprint density at radius 2 is 2.00 bits per heavy atom. The van der Waals surface area contributed by atoms with Gasteiger partial charge < -0.3 is 4.90 Å². The quantitative estimate of drug-likeness (QED) is 0.844. The number of hydrogen-bond donors (Lipinski definition) is 0. The van der Waals surface area contributed by atoms with Gasteiger partial charge in [-0.3, -0.25) is 14.7 Å². The Morgan fingerprint density at radius 3 is 2.72 bits per heavy atom. The van der Waals surface area contributed by atoms with Crippen molar-refractivity contribution in [2.45, 2.75) is 31.7 Å². The fourth-order valence-electron chi connectivity index (χ4n) is 4.17. The molecular weight excluding hydrogens is 330 g/mol. The van der Waals surface area contributed by atoms with Crippen molar-refractivity contribution < 1.29 is 4.79 Å². The molecule has 1 unspecified atom stereocenters. The Morgan fingerprint density at radius 1 is 1.12 bits per heavy atom. The Balaban J connectivity index is 1.26. The van der Waals surface area contributed by atoms with Gasteiger partial charge >= 0.3 is 0 Å². The van der Waals surface area contributed by atoms with Crippen molar-refractivity contribution in [1.29, 1.82) is 0 Å². The maximum Gasteiger partial charge on any atom is 0.263 e. The van der Waals surface area contributed by atoms with E-state index in [-0.39, 0.29) is 5.91 Å². The average Bonchev–Trinajstić information content (AvgIpc) is 3.34. The van der Waals surface area contributed by atoms with Crippen molar-refractivity contribution in [1.82, 2.24) is 14.8 Å². The number of pyridine rings is 1. The molecule has 0 aromatic carbocycles. The van der Waals surface area contributed by atoms with E-state index in [0.29, 0.717) is 6.04 Å². The second-order valence-corrected chi connectivity index (χ2v) is 8.12. The number of thiophene rings is 1. The number of nitrogens with zero attached hydrogens (tertiary/aromatic N) is 3. The molecule has 0 saturated carbocycles. The lowest BCUT2D eigenvalue weighted by Crippen LogP contribution is -2.46. The highest BCUT2D eigenvalue weighted by Gasteiger charge is 2.32. The Kier molecular flexibility index (Phi) is 5.13. The van der Waals surface area contributed by atoms with E-state index in [1.807, 2.05) is 34.7 Å². The number of piperidine rings is 1. The largest absolute Gasteiger partial charge is 0.338 e. The van der Waals surface area contributed by atoms with Gasteiger partial charge in [0.2, 0.25) is 0 Å². The van der Waals surface area contributed by atoms with Crippen LogP contribution in [0, 0.1) is 5.92 Å². The molecule has 2 aliphatic heterocycles. The first-order chi connectivity index (χ1) is 12.3. The maximum atomic E-state index is 12.5. The molecule has 0 spiro atoms. The predicted molar refractivity (Wildman–Crippen MR) is 101 cm³/mol. The second-order valence-electron chi connectivity index (χ2n) is 7.18. The van der Waals surface area contributed by atoms with Crippen LogP contribution >= 0.6 is 11.3 Å². The van der Waals surface area contributed by atoms with Crippen LogP contribution in [-0.2, 0) is 6.42 Å². The van der Waals surface area contributed by atoms with Crippen molar-refractivity contribution in [2.24, 2.45) is 5.92 Å². The van der Waals surface area contributed by atoms with Gasteiger partial charge in [0.15, 0.2) is 0 Å². The summed E-state index contributed by atoms with van der Waals surface area (Å²) in [6, 6.07) is 10.7. The second kappa shape index (κ2) is 7.67. The first kappa shape index (κ1) is 16.7. The summed E-state index contributed by atoms with van der Waals surface area (Å²) in [6.07, 6.45) is 6.46. The summed E-state index contributed by atoms with van der Waals surface area (Å²) in [5.74, 6) is 0.934.